The van der Waals surface area contributed by atoms with Crippen LogP contribution in [0.15, 0.2) is 17.5 Å². The normalized spacial score (nSPS) is 21.6. The molecule has 3 nitrogen and oxygen atoms in total. The van der Waals surface area contributed by atoms with E-state index in [9.17, 15) is 0 Å². The third-order valence-electron chi connectivity index (χ3n) is 4.99. The molecule has 2 aliphatic rings. The Morgan fingerprint density at radius 3 is 2.75 bits per heavy atom. The van der Waals surface area contributed by atoms with Gasteiger partial charge in [0.1, 0.15) is 11.6 Å². The Balaban J connectivity index is 1.84. The molecule has 0 unspecified atom stereocenters. The molecular weight excluding hydrogens is 266 g/mol. The minimum absolute atomic E-state index is 0.157. The van der Waals surface area contributed by atoms with E-state index in [-0.39, 0.29) is 5.41 Å². The van der Waals surface area contributed by atoms with Crippen molar-refractivity contribution in [2.75, 3.05) is 0 Å². The maximum atomic E-state index is 4.67. The van der Waals surface area contributed by atoms with E-state index in [4.69, 9.17) is 0 Å². The summed E-state index contributed by atoms with van der Waals surface area (Å²) in [6.07, 6.45) is 10.1. The van der Waals surface area contributed by atoms with E-state index in [1.165, 1.54) is 61.5 Å². The zero-order valence-electron chi connectivity index (χ0n) is 11.8. The van der Waals surface area contributed by atoms with E-state index in [2.05, 4.69) is 32.3 Å². The van der Waals surface area contributed by atoms with Crippen LogP contribution in [-0.4, -0.2) is 14.8 Å². The van der Waals surface area contributed by atoms with Crippen LogP contribution >= 0.6 is 11.3 Å². The molecule has 4 heteroatoms. The highest BCUT2D eigenvalue weighted by molar-refractivity contribution is 7.10. The zero-order chi connectivity index (χ0) is 13.4. The highest BCUT2D eigenvalue weighted by atomic mass is 32.1. The van der Waals surface area contributed by atoms with Gasteiger partial charge in [0.05, 0.1) is 5.41 Å². The standard InChI is InChI=1S/C16H21N3S/c1-2-8-14-17-18-15(19(14)11-5-1)16(9-3-4-10-16)13-7-6-12-20-13/h6-7,12H,1-5,8-11H2. The monoisotopic (exact) mass is 287 g/mol. The molecular formula is C16H21N3S. The molecule has 106 valence electrons. The lowest BCUT2D eigenvalue weighted by atomic mass is 9.83. The second kappa shape index (κ2) is 4.99. The van der Waals surface area contributed by atoms with Gasteiger partial charge >= 0.3 is 0 Å². The van der Waals surface area contributed by atoms with Crippen LogP contribution in [0.3, 0.4) is 0 Å². The first-order chi connectivity index (χ1) is 9.90. The van der Waals surface area contributed by atoms with Crippen molar-refractivity contribution in [1.29, 1.82) is 0 Å². The number of rotatable bonds is 2. The van der Waals surface area contributed by atoms with Crippen molar-refractivity contribution in [2.24, 2.45) is 0 Å². The summed E-state index contributed by atoms with van der Waals surface area (Å²) in [5, 5.41) is 11.4. The minimum atomic E-state index is 0.157. The third-order valence-corrected chi connectivity index (χ3v) is 6.06. The molecule has 0 aromatic carbocycles. The Morgan fingerprint density at radius 1 is 1.05 bits per heavy atom. The van der Waals surface area contributed by atoms with Gasteiger partial charge in [-0.05, 0) is 37.1 Å². The number of hydrogen-bond acceptors (Lipinski definition) is 3. The Hall–Kier alpha value is -1.16. The molecule has 1 saturated carbocycles. The number of hydrogen-bond donors (Lipinski definition) is 0. The molecule has 0 amide bonds. The number of aryl methyl sites for hydroxylation is 1. The van der Waals surface area contributed by atoms with Crippen LogP contribution in [0, 0.1) is 0 Å². The fourth-order valence-corrected chi connectivity index (χ4v) is 4.93. The molecule has 1 aliphatic carbocycles. The van der Waals surface area contributed by atoms with Crippen molar-refractivity contribution in [2.45, 2.75) is 63.3 Å². The van der Waals surface area contributed by atoms with Crippen molar-refractivity contribution in [1.82, 2.24) is 14.8 Å². The maximum absolute atomic E-state index is 4.67. The molecule has 3 heterocycles. The highest BCUT2D eigenvalue weighted by Gasteiger charge is 2.42. The van der Waals surface area contributed by atoms with Gasteiger partial charge in [-0.15, -0.1) is 21.5 Å². The largest absolute Gasteiger partial charge is 0.314 e. The van der Waals surface area contributed by atoms with Gasteiger partial charge in [0, 0.05) is 17.8 Å². The summed E-state index contributed by atoms with van der Waals surface area (Å²) in [6.45, 7) is 1.12. The van der Waals surface area contributed by atoms with Crippen molar-refractivity contribution >= 4 is 11.3 Å². The quantitative estimate of drug-likeness (QED) is 0.838. The summed E-state index contributed by atoms with van der Waals surface area (Å²) in [7, 11) is 0. The summed E-state index contributed by atoms with van der Waals surface area (Å²) in [5.41, 5.74) is 0.157. The second-order valence-electron chi connectivity index (χ2n) is 6.17. The SMILES string of the molecule is c1csc(C2(c3nnc4n3CCCCC4)CCCC2)c1. The Kier molecular flexibility index (Phi) is 3.14. The lowest BCUT2D eigenvalue weighted by molar-refractivity contribution is 0.465. The molecule has 0 spiro atoms. The van der Waals surface area contributed by atoms with Gasteiger partial charge in [0.2, 0.25) is 0 Å². The molecule has 1 fully saturated rings. The number of nitrogens with zero attached hydrogens (tertiary/aromatic N) is 3. The molecule has 1 aliphatic heterocycles. The topological polar surface area (TPSA) is 30.7 Å². The van der Waals surface area contributed by atoms with E-state index in [0.29, 0.717) is 0 Å². The smallest absolute Gasteiger partial charge is 0.144 e. The molecule has 0 radical (unpaired) electrons. The Bertz CT molecular complexity index is 579. The van der Waals surface area contributed by atoms with Crippen molar-refractivity contribution in [3.8, 4) is 0 Å². The highest BCUT2D eigenvalue weighted by Crippen LogP contribution is 2.47. The minimum Gasteiger partial charge on any atom is -0.314 e. The average Bonchev–Trinajstić information content (AvgIpc) is 3.17. The number of thiophene rings is 1. The molecule has 2 aromatic rings. The fraction of sp³-hybridized carbons (Fsp3) is 0.625. The van der Waals surface area contributed by atoms with Crippen LogP contribution in [0.2, 0.25) is 0 Å². The third kappa shape index (κ3) is 1.85. The van der Waals surface area contributed by atoms with Crippen molar-refractivity contribution in [3.05, 3.63) is 34.0 Å². The predicted octanol–water partition coefficient (Wildman–Crippen LogP) is 3.93. The summed E-state index contributed by atoms with van der Waals surface area (Å²) in [6, 6.07) is 4.48. The van der Waals surface area contributed by atoms with Gasteiger partial charge < -0.3 is 4.57 Å². The van der Waals surface area contributed by atoms with Gasteiger partial charge in [-0.1, -0.05) is 25.3 Å². The van der Waals surface area contributed by atoms with E-state index in [1.54, 1.807) is 0 Å². The van der Waals surface area contributed by atoms with Crippen molar-refractivity contribution in [3.63, 3.8) is 0 Å². The second-order valence-corrected chi connectivity index (χ2v) is 7.12. The molecule has 2 aromatic heterocycles. The van der Waals surface area contributed by atoms with Crippen LogP contribution < -0.4 is 0 Å². The number of fused-ring (bicyclic) bond motifs is 1. The first kappa shape index (κ1) is 12.6. The molecule has 20 heavy (non-hydrogen) atoms. The Labute approximate surface area is 124 Å². The summed E-state index contributed by atoms with van der Waals surface area (Å²) in [4.78, 5) is 1.49. The summed E-state index contributed by atoms with van der Waals surface area (Å²) >= 11 is 1.89. The molecule has 0 N–H and O–H groups in total. The van der Waals surface area contributed by atoms with E-state index < -0.39 is 0 Å². The fourth-order valence-electron chi connectivity index (χ4n) is 3.95. The summed E-state index contributed by atoms with van der Waals surface area (Å²) in [5.74, 6) is 2.48. The average molecular weight is 287 g/mol. The summed E-state index contributed by atoms with van der Waals surface area (Å²) < 4.78 is 2.46. The van der Waals surface area contributed by atoms with Gasteiger partial charge in [0.15, 0.2) is 0 Å². The van der Waals surface area contributed by atoms with E-state index in [0.717, 1.165) is 13.0 Å². The van der Waals surface area contributed by atoms with E-state index >= 15 is 0 Å². The van der Waals surface area contributed by atoms with Crippen LogP contribution in [-0.2, 0) is 18.4 Å². The molecule has 0 atom stereocenters. The lowest BCUT2D eigenvalue weighted by Gasteiger charge is -2.27. The predicted molar refractivity (Wildman–Crippen MR) is 81.1 cm³/mol. The maximum Gasteiger partial charge on any atom is 0.144 e. The van der Waals surface area contributed by atoms with Crippen LogP contribution in [0.25, 0.3) is 0 Å². The number of aromatic nitrogens is 3. The lowest BCUT2D eigenvalue weighted by Crippen LogP contribution is -2.28. The molecule has 0 saturated heterocycles. The van der Waals surface area contributed by atoms with Gasteiger partial charge in [0.25, 0.3) is 0 Å². The molecule has 0 bridgehead atoms. The van der Waals surface area contributed by atoms with Crippen molar-refractivity contribution < 1.29 is 0 Å². The van der Waals surface area contributed by atoms with Gasteiger partial charge in [-0.2, -0.15) is 0 Å². The Morgan fingerprint density at radius 2 is 1.95 bits per heavy atom. The van der Waals surface area contributed by atoms with Gasteiger partial charge in [-0.25, -0.2) is 0 Å². The first-order valence-corrected chi connectivity index (χ1v) is 8.75. The van der Waals surface area contributed by atoms with Crippen LogP contribution in [0.1, 0.15) is 61.5 Å². The van der Waals surface area contributed by atoms with E-state index in [1.807, 2.05) is 11.3 Å². The van der Waals surface area contributed by atoms with Gasteiger partial charge in [-0.3, -0.25) is 0 Å². The van der Waals surface area contributed by atoms with Crippen LogP contribution in [0.5, 0.6) is 0 Å². The first-order valence-electron chi connectivity index (χ1n) is 7.87. The van der Waals surface area contributed by atoms with Crippen LogP contribution in [0.4, 0.5) is 0 Å². The molecule has 4 rings (SSSR count). The zero-order valence-corrected chi connectivity index (χ0v) is 12.7.